The third-order valence-corrected chi connectivity index (χ3v) is 1.97. The molecule has 3 nitrogen and oxygen atoms in total. The molecule has 0 aliphatic carbocycles. The third kappa shape index (κ3) is 1.90. The van der Waals surface area contributed by atoms with Gasteiger partial charge in [0.2, 0.25) is 0 Å². The summed E-state index contributed by atoms with van der Waals surface area (Å²) in [6.07, 6.45) is 0. The summed E-state index contributed by atoms with van der Waals surface area (Å²) >= 11 is 0. The topological polar surface area (TPSA) is 52.3 Å². The average molecular weight is 197 g/mol. The highest BCUT2D eigenvalue weighted by molar-refractivity contribution is 6.00. The van der Waals surface area contributed by atoms with E-state index in [1.807, 2.05) is 0 Å². The fraction of sp³-hybridized carbons (Fsp3) is 0.300. The molecule has 0 saturated carbocycles. The van der Waals surface area contributed by atoms with E-state index >= 15 is 0 Å². The van der Waals surface area contributed by atoms with Crippen LogP contribution < -0.4 is 10.5 Å². The maximum Gasteiger partial charge on any atom is 0.180 e. The molecule has 0 bridgehead atoms. The van der Waals surface area contributed by atoms with Crippen LogP contribution in [0, 0.1) is 12.7 Å². The highest BCUT2D eigenvalue weighted by Gasteiger charge is 2.13. The number of carbonyl (C=O) groups excluding carboxylic acids is 1. The molecule has 0 saturated heterocycles. The molecule has 0 heterocycles. The van der Waals surface area contributed by atoms with Gasteiger partial charge in [0.1, 0.15) is 11.6 Å². The molecule has 0 aliphatic heterocycles. The van der Waals surface area contributed by atoms with Crippen molar-refractivity contribution < 1.29 is 13.9 Å². The van der Waals surface area contributed by atoms with Gasteiger partial charge in [-0.2, -0.15) is 0 Å². The second-order valence-corrected chi connectivity index (χ2v) is 2.93. The first kappa shape index (κ1) is 10.7. The lowest BCUT2D eigenvalue weighted by Gasteiger charge is -2.08. The molecule has 4 heteroatoms. The van der Waals surface area contributed by atoms with Gasteiger partial charge in [0.15, 0.2) is 5.78 Å². The van der Waals surface area contributed by atoms with E-state index in [-0.39, 0.29) is 18.1 Å². The summed E-state index contributed by atoms with van der Waals surface area (Å²) in [6, 6.07) is 2.64. The fourth-order valence-electron chi connectivity index (χ4n) is 1.16. The van der Waals surface area contributed by atoms with Gasteiger partial charge in [-0.05, 0) is 18.6 Å². The Labute approximate surface area is 81.7 Å². The Morgan fingerprint density at radius 3 is 2.71 bits per heavy atom. The van der Waals surface area contributed by atoms with Crippen molar-refractivity contribution in [2.45, 2.75) is 6.92 Å². The number of aryl methyl sites for hydroxylation is 1. The van der Waals surface area contributed by atoms with Gasteiger partial charge in [-0.25, -0.2) is 4.39 Å². The van der Waals surface area contributed by atoms with Gasteiger partial charge in [-0.15, -0.1) is 0 Å². The minimum Gasteiger partial charge on any atom is -0.496 e. The van der Waals surface area contributed by atoms with E-state index < -0.39 is 5.82 Å². The van der Waals surface area contributed by atoms with Crippen molar-refractivity contribution in [1.29, 1.82) is 0 Å². The van der Waals surface area contributed by atoms with Crippen molar-refractivity contribution in [1.82, 2.24) is 0 Å². The highest BCUT2D eigenvalue weighted by Crippen LogP contribution is 2.22. The molecule has 0 aliphatic rings. The van der Waals surface area contributed by atoms with Crippen molar-refractivity contribution in [2.75, 3.05) is 13.7 Å². The maximum atomic E-state index is 13.1. The van der Waals surface area contributed by atoms with Crippen LogP contribution in [0.1, 0.15) is 15.9 Å². The first-order chi connectivity index (χ1) is 6.60. The molecule has 1 rings (SSSR count). The number of benzene rings is 1. The predicted octanol–water partition coefficient (Wildman–Crippen LogP) is 1.28. The van der Waals surface area contributed by atoms with Gasteiger partial charge in [0.25, 0.3) is 0 Å². The molecule has 0 spiro atoms. The first-order valence-electron chi connectivity index (χ1n) is 4.17. The highest BCUT2D eigenvalue weighted by atomic mass is 19.1. The van der Waals surface area contributed by atoms with Crippen molar-refractivity contribution in [3.05, 3.63) is 29.1 Å². The van der Waals surface area contributed by atoms with E-state index in [0.29, 0.717) is 11.1 Å². The molecule has 0 radical (unpaired) electrons. The van der Waals surface area contributed by atoms with E-state index in [4.69, 9.17) is 10.5 Å². The lowest BCUT2D eigenvalue weighted by molar-refractivity contribution is 0.0998. The molecule has 0 fully saturated rings. The van der Waals surface area contributed by atoms with Crippen LogP contribution >= 0.6 is 0 Å². The molecule has 0 aromatic heterocycles. The van der Waals surface area contributed by atoms with Crippen LogP contribution in [0.15, 0.2) is 12.1 Å². The molecule has 1 aromatic rings. The van der Waals surface area contributed by atoms with E-state index in [1.165, 1.54) is 19.2 Å². The number of carbonyl (C=O) groups is 1. The second kappa shape index (κ2) is 4.19. The molecule has 14 heavy (non-hydrogen) atoms. The van der Waals surface area contributed by atoms with Crippen molar-refractivity contribution in [2.24, 2.45) is 5.73 Å². The van der Waals surface area contributed by atoms with Gasteiger partial charge < -0.3 is 10.5 Å². The Morgan fingerprint density at radius 2 is 2.21 bits per heavy atom. The number of hydrogen-bond acceptors (Lipinski definition) is 3. The number of Topliss-reactive ketones (excluding diaryl/α,β-unsaturated/α-hetero) is 1. The minimum atomic E-state index is -0.393. The van der Waals surface area contributed by atoms with Crippen LogP contribution in [0.4, 0.5) is 4.39 Å². The summed E-state index contributed by atoms with van der Waals surface area (Å²) in [5, 5.41) is 0. The quantitative estimate of drug-likeness (QED) is 0.743. The average Bonchev–Trinajstić information content (AvgIpc) is 2.20. The number of methoxy groups -OCH3 is 1. The van der Waals surface area contributed by atoms with Crippen LogP contribution in [0.3, 0.4) is 0 Å². The van der Waals surface area contributed by atoms with E-state index in [0.717, 1.165) is 0 Å². The van der Waals surface area contributed by atoms with Crippen LogP contribution in [0.5, 0.6) is 5.75 Å². The van der Waals surface area contributed by atoms with E-state index in [9.17, 15) is 9.18 Å². The first-order valence-corrected chi connectivity index (χ1v) is 4.17. The molecular weight excluding hydrogens is 185 g/mol. The number of ether oxygens (including phenoxy) is 1. The lowest BCUT2D eigenvalue weighted by atomic mass is 10.1. The number of nitrogens with two attached hydrogens (primary N) is 1. The lowest BCUT2D eigenvalue weighted by Crippen LogP contribution is -2.15. The van der Waals surface area contributed by atoms with Crippen molar-refractivity contribution >= 4 is 5.78 Å². The summed E-state index contributed by atoms with van der Waals surface area (Å²) in [7, 11) is 1.39. The molecule has 2 N–H and O–H groups in total. The van der Waals surface area contributed by atoms with Crippen molar-refractivity contribution in [3.8, 4) is 5.75 Å². The molecule has 0 amide bonds. The molecule has 76 valence electrons. The Morgan fingerprint density at radius 1 is 1.57 bits per heavy atom. The molecule has 0 unspecified atom stereocenters. The van der Waals surface area contributed by atoms with Crippen LogP contribution in [-0.2, 0) is 0 Å². The zero-order valence-electron chi connectivity index (χ0n) is 8.13. The molecular formula is C10H12FNO2. The Bertz CT molecular complexity index is 363. The minimum absolute atomic E-state index is 0.110. The van der Waals surface area contributed by atoms with Crippen LogP contribution in [-0.4, -0.2) is 19.4 Å². The number of ketones is 1. The number of hydrogen-bond donors (Lipinski definition) is 1. The maximum absolute atomic E-state index is 13.1. The zero-order chi connectivity index (χ0) is 10.7. The van der Waals surface area contributed by atoms with Gasteiger partial charge in [-0.3, -0.25) is 4.79 Å². The number of rotatable bonds is 3. The van der Waals surface area contributed by atoms with Gasteiger partial charge in [-0.1, -0.05) is 0 Å². The summed E-state index contributed by atoms with van der Waals surface area (Å²) in [5.41, 5.74) is 5.95. The third-order valence-electron chi connectivity index (χ3n) is 1.97. The normalized spacial score (nSPS) is 10.0. The SMILES string of the molecule is COc1cc(F)c(C)cc1C(=O)CN. The van der Waals surface area contributed by atoms with E-state index in [2.05, 4.69) is 0 Å². The van der Waals surface area contributed by atoms with Crippen LogP contribution in [0.2, 0.25) is 0 Å². The Balaban J connectivity index is 3.27. The summed E-state index contributed by atoms with van der Waals surface area (Å²) in [4.78, 5) is 11.3. The largest absolute Gasteiger partial charge is 0.496 e. The molecule has 0 atom stereocenters. The smallest absolute Gasteiger partial charge is 0.180 e. The summed E-state index contributed by atoms with van der Waals surface area (Å²) in [6.45, 7) is 1.48. The Kier molecular flexibility index (Phi) is 3.19. The fourth-order valence-corrected chi connectivity index (χ4v) is 1.16. The van der Waals surface area contributed by atoms with E-state index in [1.54, 1.807) is 6.92 Å². The van der Waals surface area contributed by atoms with Crippen LogP contribution in [0.25, 0.3) is 0 Å². The summed E-state index contributed by atoms with van der Waals surface area (Å²) < 4.78 is 18.0. The molecule has 1 aromatic carbocycles. The zero-order valence-corrected chi connectivity index (χ0v) is 8.13. The standard InChI is InChI=1S/C10H12FNO2/c1-6-3-7(9(13)5-12)10(14-2)4-8(6)11/h3-4H,5,12H2,1-2H3. The van der Waals surface area contributed by atoms with Gasteiger partial charge in [0, 0.05) is 6.07 Å². The van der Waals surface area contributed by atoms with Gasteiger partial charge in [0.05, 0.1) is 19.2 Å². The van der Waals surface area contributed by atoms with Crippen molar-refractivity contribution in [3.63, 3.8) is 0 Å². The van der Waals surface area contributed by atoms with Gasteiger partial charge >= 0.3 is 0 Å². The second-order valence-electron chi connectivity index (χ2n) is 2.93. The summed E-state index contributed by atoms with van der Waals surface area (Å²) in [5.74, 6) is -0.427. The predicted molar refractivity (Wildman–Crippen MR) is 51.1 cm³/mol. The Hall–Kier alpha value is -1.42. The number of halogens is 1. The monoisotopic (exact) mass is 197 g/mol.